The van der Waals surface area contributed by atoms with Gasteiger partial charge in [-0.25, -0.2) is 4.79 Å². The van der Waals surface area contributed by atoms with E-state index < -0.39 is 6.09 Å². The molecule has 2 rings (SSSR count). The fourth-order valence-electron chi connectivity index (χ4n) is 2.65. The fourth-order valence-corrected chi connectivity index (χ4v) is 2.65. The molecule has 1 aromatic rings. The summed E-state index contributed by atoms with van der Waals surface area (Å²) in [6.45, 7) is 5.22. The predicted molar refractivity (Wildman–Crippen MR) is 79.2 cm³/mol. The van der Waals surface area contributed by atoms with Crippen LogP contribution in [0.2, 0.25) is 0 Å². The van der Waals surface area contributed by atoms with E-state index in [0.717, 1.165) is 12.0 Å². The molecule has 1 atom stereocenters. The lowest BCUT2D eigenvalue weighted by Gasteiger charge is -2.28. The maximum Gasteiger partial charge on any atom is 0.407 e. The Bertz CT molecular complexity index is 451. The van der Waals surface area contributed by atoms with Crippen LogP contribution >= 0.6 is 0 Å². The third-order valence-electron chi connectivity index (χ3n) is 3.84. The molecule has 0 aromatic heterocycles. The number of benzene rings is 1. The van der Waals surface area contributed by atoms with Crippen molar-refractivity contribution in [3.05, 3.63) is 35.9 Å². The Morgan fingerprint density at radius 1 is 1.29 bits per heavy atom. The molecule has 1 amide bonds. The van der Waals surface area contributed by atoms with Crippen LogP contribution in [0, 0.1) is 5.41 Å². The Kier molecular flexibility index (Phi) is 5.59. The molecule has 0 aliphatic carbocycles. The van der Waals surface area contributed by atoms with Crippen LogP contribution in [-0.2, 0) is 16.1 Å². The van der Waals surface area contributed by atoms with Crippen LogP contribution in [0.25, 0.3) is 0 Å². The number of carboxylic acid groups (broad SMARTS) is 1. The molecule has 5 nitrogen and oxygen atoms in total. The molecule has 0 radical (unpaired) electrons. The first-order chi connectivity index (χ1) is 10.2. The van der Waals surface area contributed by atoms with E-state index in [1.165, 1.54) is 4.90 Å². The quantitative estimate of drug-likeness (QED) is 0.839. The molecular formula is C16H23NO4. The smallest absolute Gasteiger partial charge is 0.407 e. The van der Waals surface area contributed by atoms with Crippen LogP contribution in [-0.4, -0.2) is 49.0 Å². The van der Waals surface area contributed by atoms with Crippen molar-refractivity contribution in [2.45, 2.75) is 20.0 Å². The van der Waals surface area contributed by atoms with Crippen LogP contribution in [0.3, 0.4) is 0 Å². The number of nitrogens with zero attached hydrogens (tertiary/aromatic N) is 1. The van der Waals surface area contributed by atoms with Crippen molar-refractivity contribution in [2.75, 3.05) is 32.9 Å². The first kappa shape index (κ1) is 15.8. The van der Waals surface area contributed by atoms with Gasteiger partial charge in [0.1, 0.15) is 0 Å². The summed E-state index contributed by atoms with van der Waals surface area (Å²) in [7, 11) is 0. The van der Waals surface area contributed by atoms with E-state index in [1.807, 2.05) is 37.3 Å². The summed E-state index contributed by atoms with van der Waals surface area (Å²) in [6.07, 6.45) is -0.0786. The van der Waals surface area contributed by atoms with Crippen molar-refractivity contribution in [1.29, 1.82) is 0 Å². The Labute approximate surface area is 125 Å². The number of hydrogen-bond acceptors (Lipinski definition) is 3. The van der Waals surface area contributed by atoms with Gasteiger partial charge in [0.15, 0.2) is 0 Å². The molecule has 5 heteroatoms. The maximum atomic E-state index is 11.1. The van der Waals surface area contributed by atoms with Gasteiger partial charge >= 0.3 is 6.09 Å². The van der Waals surface area contributed by atoms with E-state index in [2.05, 4.69) is 0 Å². The topological polar surface area (TPSA) is 59.0 Å². The van der Waals surface area contributed by atoms with E-state index in [0.29, 0.717) is 39.5 Å². The number of ether oxygens (including phenoxy) is 2. The minimum absolute atomic E-state index is 0.219. The molecule has 1 aliphatic heterocycles. The molecule has 1 aliphatic rings. The van der Waals surface area contributed by atoms with Crippen LogP contribution in [0.4, 0.5) is 4.79 Å². The third-order valence-corrected chi connectivity index (χ3v) is 3.84. The molecule has 1 unspecified atom stereocenters. The Morgan fingerprint density at radius 3 is 2.62 bits per heavy atom. The molecule has 0 spiro atoms. The molecule has 116 valence electrons. The SMILES string of the molecule is CCOCC1(COCc2ccccc2)CCN(C(=O)O)C1. The molecule has 1 heterocycles. The molecule has 1 saturated heterocycles. The van der Waals surface area contributed by atoms with Crippen LogP contribution in [0.1, 0.15) is 18.9 Å². The molecule has 21 heavy (non-hydrogen) atoms. The fraction of sp³-hybridized carbons (Fsp3) is 0.562. The van der Waals surface area contributed by atoms with Crippen molar-refractivity contribution in [2.24, 2.45) is 5.41 Å². The van der Waals surface area contributed by atoms with Gasteiger partial charge in [-0.2, -0.15) is 0 Å². The lowest BCUT2D eigenvalue weighted by atomic mass is 9.89. The number of amides is 1. The summed E-state index contributed by atoms with van der Waals surface area (Å²) < 4.78 is 11.4. The molecule has 0 saturated carbocycles. The van der Waals surface area contributed by atoms with Crippen LogP contribution < -0.4 is 0 Å². The van der Waals surface area contributed by atoms with E-state index in [9.17, 15) is 4.79 Å². The minimum Gasteiger partial charge on any atom is -0.465 e. The van der Waals surface area contributed by atoms with E-state index >= 15 is 0 Å². The van der Waals surface area contributed by atoms with Crippen LogP contribution in [0.15, 0.2) is 30.3 Å². The highest BCUT2D eigenvalue weighted by atomic mass is 16.5. The molecule has 0 bridgehead atoms. The standard InChI is InChI=1S/C16H23NO4/c1-2-20-12-16(8-9-17(11-16)15(18)19)13-21-10-14-6-4-3-5-7-14/h3-7H,2,8-13H2,1H3,(H,18,19). The van der Waals surface area contributed by atoms with Gasteiger partial charge in [0.2, 0.25) is 0 Å². The second-order valence-corrected chi connectivity index (χ2v) is 5.57. The highest BCUT2D eigenvalue weighted by Gasteiger charge is 2.40. The zero-order chi connectivity index (χ0) is 15.1. The lowest BCUT2D eigenvalue weighted by molar-refractivity contribution is -0.0191. The van der Waals surface area contributed by atoms with Crippen molar-refractivity contribution in [3.63, 3.8) is 0 Å². The summed E-state index contributed by atoms with van der Waals surface area (Å²) in [5.41, 5.74) is 0.903. The van der Waals surface area contributed by atoms with Gasteiger partial charge in [0.25, 0.3) is 0 Å². The van der Waals surface area contributed by atoms with Gasteiger partial charge in [-0.05, 0) is 18.9 Å². The average Bonchev–Trinajstić information content (AvgIpc) is 2.91. The van der Waals surface area contributed by atoms with Gasteiger partial charge < -0.3 is 19.5 Å². The van der Waals surface area contributed by atoms with Crippen LogP contribution in [0.5, 0.6) is 0 Å². The summed E-state index contributed by atoms with van der Waals surface area (Å²) in [4.78, 5) is 12.6. The molecule has 1 fully saturated rings. The summed E-state index contributed by atoms with van der Waals surface area (Å²) in [5.74, 6) is 0. The summed E-state index contributed by atoms with van der Waals surface area (Å²) in [6, 6.07) is 9.98. The van der Waals surface area contributed by atoms with Crippen molar-refractivity contribution >= 4 is 6.09 Å². The predicted octanol–water partition coefficient (Wildman–Crippen LogP) is 2.61. The monoisotopic (exact) mass is 293 g/mol. The highest BCUT2D eigenvalue weighted by molar-refractivity contribution is 5.65. The maximum absolute atomic E-state index is 11.1. The van der Waals surface area contributed by atoms with Gasteiger partial charge in [0.05, 0.1) is 19.8 Å². The highest BCUT2D eigenvalue weighted by Crippen LogP contribution is 2.31. The zero-order valence-corrected chi connectivity index (χ0v) is 12.5. The summed E-state index contributed by atoms with van der Waals surface area (Å²) in [5, 5.41) is 9.12. The van der Waals surface area contributed by atoms with E-state index in [-0.39, 0.29) is 5.41 Å². The molecule has 1 aromatic carbocycles. The number of hydrogen-bond donors (Lipinski definition) is 1. The Balaban J connectivity index is 1.89. The third kappa shape index (κ3) is 4.44. The van der Waals surface area contributed by atoms with Crippen molar-refractivity contribution in [1.82, 2.24) is 4.90 Å². The summed E-state index contributed by atoms with van der Waals surface area (Å²) >= 11 is 0. The van der Waals surface area contributed by atoms with E-state index in [4.69, 9.17) is 14.6 Å². The first-order valence-electron chi connectivity index (χ1n) is 7.32. The van der Waals surface area contributed by atoms with Crippen molar-refractivity contribution in [3.8, 4) is 0 Å². The number of likely N-dealkylation sites (tertiary alicyclic amines) is 1. The van der Waals surface area contributed by atoms with Gasteiger partial charge in [-0.3, -0.25) is 0 Å². The molecular weight excluding hydrogens is 270 g/mol. The zero-order valence-electron chi connectivity index (χ0n) is 12.5. The number of rotatable bonds is 7. The largest absolute Gasteiger partial charge is 0.465 e. The second-order valence-electron chi connectivity index (χ2n) is 5.57. The van der Waals surface area contributed by atoms with Gasteiger partial charge in [-0.1, -0.05) is 30.3 Å². The molecule has 1 N–H and O–H groups in total. The first-order valence-corrected chi connectivity index (χ1v) is 7.32. The van der Waals surface area contributed by atoms with E-state index in [1.54, 1.807) is 0 Å². The Morgan fingerprint density at radius 2 is 2.00 bits per heavy atom. The van der Waals surface area contributed by atoms with Crippen molar-refractivity contribution < 1.29 is 19.4 Å². The Hall–Kier alpha value is -1.59. The average molecular weight is 293 g/mol. The normalized spacial score (nSPS) is 21.7. The minimum atomic E-state index is -0.864. The second kappa shape index (κ2) is 7.43. The number of carbonyl (C=O) groups is 1. The van der Waals surface area contributed by atoms with Gasteiger partial charge in [-0.15, -0.1) is 0 Å². The lowest BCUT2D eigenvalue weighted by Crippen LogP contribution is -2.37. The van der Waals surface area contributed by atoms with Gasteiger partial charge in [0, 0.05) is 25.1 Å².